The number of nitrogens with one attached hydrogen (secondary N) is 1. The number of rotatable bonds is 8. The van der Waals surface area contributed by atoms with Gasteiger partial charge in [-0.05, 0) is 79.0 Å². The highest BCUT2D eigenvalue weighted by Gasteiger charge is 2.57. The zero-order valence-corrected chi connectivity index (χ0v) is 34.5. The number of carbonyl (C=O) groups excluding carboxylic acids is 4. The predicted molar refractivity (Wildman–Crippen MR) is 202 cm³/mol. The van der Waals surface area contributed by atoms with E-state index in [1.54, 1.807) is 25.9 Å². The first kappa shape index (κ1) is 43.5. The van der Waals surface area contributed by atoms with Crippen LogP contribution >= 0.6 is 0 Å². The molecule has 0 aromatic heterocycles. The van der Waals surface area contributed by atoms with Crippen molar-refractivity contribution in [2.24, 2.45) is 23.7 Å². The SMILES string of the molecule is CCC1CC(N(C)C)C(C)[C@H](O[C@@H]2[C@@H](C)C(=O)C(C)C(=O)O[C@H](CC)[C@@]3(C)OC(=O)N[C@@H]3[C@@H](C)N(C(=O)OCc3ccccc3)C[C@H](C)C[C@@]2(C)OC)O1. The number of methoxy groups -OCH3 is 1. The van der Waals surface area contributed by atoms with Crippen LogP contribution in [-0.4, -0.2) is 115 Å². The van der Waals surface area contributed by atoms with Crippen molar-refractivity contribution in [2.75, 3.05) is 27.7 Å². The lowest BCUT2D eigenvalue weighted by molar-refractivity contribution is -0.283. The van der Waals surface area contributed by atoms with E-state index in [0.29, 0.717) is 6.42 Å². The lowest BCUT2D eigenvalue weighted by atomic mass is 9.78. The van der Waals surface area contributed by atoms with Gasteiger partial charge in [-0.25, -0.2) is 9.59 Å². The van der Waals surface area contributed by atoms with Crippen LogP contribution in [0.15, 0.2) is 30.3 Å². The van der Waals surface area contributed by atoms with Gasteiger partial charge in [0.25, 0.3) is 0 Å². The summed E-state index contributed by atoms with van der Waals surface area (Å²) in [6.07, 6.45) is -1.46. The fourth-order valence-electron chi connectivity index (χ4n) is 8.80. The number of fused-ring (bicyclic) bond motifs is 1. The third-order valence-electron chi connectivity index (χ3n) is 12.2. The van der Waals surface area contributed by atoms with Gasteiger partial charge in [-0.1, -0.05) is 65.0 Å². The monoisotopic (exact) mass is 759 g/mol. The van der Waals surface area contributed by atoms with Crippen molar-refractivity contribution in [3.63, 3.8) is 0 Å². The first-order valence-electron chi connectivity index (χ1n) is 19.6. The van der Waals surface area contributed by atoms with Crippen molar-refractivity contribution in [3.8, 4) is 0 Å². The molecule has 1 aromatic carbocycles. The van der Waals surface area contributed by atoms with Crippen molar-refractivity contribution in [1.82, 2.24) is 15.1 Å². The number of hydrogen-bond donors (Lipinski definition) is 1. The summed E-state index contributed by atoms with van der Waals surface area (Å²) in [4.78, 5) is 59.1. The average molecular weight is 760 g/mol. The van der Waals surface area contributed by atoms with Crippen molar-refractivity contribution in [2.45, 2.75) is 149 Å². The fraction of sp³-hybridized carbons (Fsp3) is 0.756. The number of hydrogen-bond acceptors (Lipinski definition) is 11. The number of carbonyl (C=O) groups is 4. The quantitative estimate of drug-likeness (QED) is 0.191. The summed E-state index contributed by atoms with van der Waals surface area (Å²) < 4.78 is 37.7. The van der Waals surface area contributed by atoms with Gasteiger partial charge in [0.05, 0.1) is 29.9 Å². The minimum Gasteiger partial charge on any atom is -0.458 e. The predicted octanol–water partition coefficient (Wildman–Crippen LogP) is 5.97. The first-order valence-corrected chi connectivity index (χ1v) is 19.6. The molecule has 3 heterocycles. The number of nitrogens with zero attached hydrogens (tertiary/aromatic N) is 2. The van der Waals surface area contributed by atoms with Crippen LogP contribution in [0.4, 0.5) is 9.59 Å². The average Bonchev–Trinajstić information content (AvgIpc) is 3.46. The molecule has 2 amide bonds. The molecule has 1 aromatic rings. The second kappa shape index (κ2) is 18.1. The van der Waals surface area contributed by atoms with E-state index in [4.69, 9.17) is 28.4 Å². The van der Waals surface area contributed by atoms with Crippen LogP contribution in [0, 0.1) is 23.7 Å². The van der Waals surface area contributed by atoms with Crippen LogP contribution in [-0.2, 0) is 44.6 Å². The molecule has 3 saturated heterocycles. The summed E-state index contributed by atoms with van der Waals surface area (Å²) in [6, 6.07) is 8.11. The Kier molecular flexibility index (Phi) is 14.6. The topological polar surface area (TPSA) is 142 Å². The molecule has 13 nitrogen and oxygen atoms in total. The van der Waals surface area contributed by atoms with Crippen LogP contribution in [0.3, 0.4) is 0 Å². The molecule has 4 unspecified atom stereocenters. The maximum Gasteiger partial charge on any atom is 0.410 e. The number of cyclic esters (lactones) is 1. The molecule has 304 valence electrons. The highest BCUT2D eigenvalue weighted by Crippen LogP contribution is 2.40. The molecule has 0 aliphatic carbocycles. The maximum atomic E-state index is 14.4. The van der Waals surface area contributed by atoms with Crippen molar-refractivity contribution >= 4 is 23.9 Å². The smallest absolute Gasteiger partial charge is 0.410 e. The minimum absolute atomic E-state index is 0.0417. The molecule has 3 aliphatic heterocycles. The zero-order valence-electron chi connectivity index (χ0n) is 34.5. The summed E-state index contributed by atoms with van der Waals surface area (Å²) >= 11 is 0. The molecule has 13 heteroatoms. The van der Waals surface area contributed by atoms with E-state index < -0.39 is 71.8 Å². The largest absolute Gasteiger partial charge is 0.458 e. The Morgan fingerprint density at radius 2 is 1.69 bits per heavy atom. The van der Waals surface area contributed by atoms with E-state index in [1.165, 1.54) is 6.92 Å². The second-order valence-electron chi connectivity index (χ2n) is 16.4. The number of ether oxygens (including phenoxy) is 6. The van der Waals surface area contributed by atoms with Crippen LogP contribution in [0.2, 0.25) is 0 Å². The van der Waals surface area contributed by atoms with E-state index in [2.05, 4.69) is 24.1 Å². The second-order valence-corrected chi connectivity index (χ2v) is 16.4. The Hall–Kier alpha value is -3.26. The van der Waals surface area contributed by atoms with Crippen molar-refractivity contribution in [3.05, 3.63) is 35.9 Å². The fourth-order valence-corrected chi connectivity index (χ4v) is 8.80. The Morgan fingerprint density at radius 1 is 1.02 bits per heavy atom. The number of ketones is 1. The summed E-state index contributed by atoms with van der Waals surface area (Å²) in [5, 5.41) is 2.89. The summed E-state index contributed by atoms with van der Waals surface area (Å²) in [5.74, 6) is -3.38. The summed E-state index contributed by atoms with van der Waals surface area (Å²) in [6.45, 7) is 17.0. The Balaban J connectivity index is 1.79. The van der Waals surface area contributed by atoms with E-state index in [0.717, 1.165) is 18.4 Å². The minimum atomic E-state index is -1.38. The number of amides is 2. The third-order valence-corrected chi connectivity index (χ3v) is 12.2. The number of Topliss-reactive ketones (excluding diaryl/α,β-unsaturated/α-hetero) is 1. The molecule has 0 saturated carbocycles. The zero-order chi connectivity index (χ0) is 40.1. The van der Waals surface area contributed by atoms with Gasteiger partial charge in [0.15, 0.2) is 17.7 Å². The van der Waals surface area contributed by atoms with Crippen molar-refractivity contribution in [1.29, 1.82) is 0 Å². The van der Waals surface area contributed by atoms with Gasteiger partial charge < -0.3 is 43.5 Å². The van der Waals surface area contributed by atoms with E-state index >= 15 is 0 Å². The Labute approximate surface area is 322 Å². The van der Waals surface area contributed by atoms with Crippen molar-refractivity contribution < 1.29 is 47.6 Å². The number of alkyl carbamates (subject to hydrolysis) is 1. The van der Waals surface area contributed by atoms with Gasteiger partial charge in [-0.3, -0.25) is 9.59 Å². The molecule has 3 fully saturated rings. The Bertz CT molecular complexity index is 1450. The van der Waals surface area contributed by atoms with Gasteiger partial charge >= 0.3 is 18.2 Å². The number of benzene rings is 1. The first-order chi connectivity index (χ1) is 25.4. The molecule has 3 aliphatic rings. The van der Waals surface area contributed by atoms with Crippen LogP contribution in [0.25, 0.3) is 0 Å². The van der Waals surface area contributed by atoms with E-state index in [1.807, 2.05) is 72.1 Å². The molecule has 0 radical (unpaired) electrons. The standard InChI is InChI=1S/C41H65N3O10/c1-13-30-20-31(43(10)11)25(4)37(51-30)53-35-26(5)33(45)27(6)36(46)52-32(14-2)41(9)34(42-38(47)54-41)28(7)44(22-24(3)21-40(35,8)49-12)39(48)50-23-29-18-16-15-17-19-29/h15-19,24-28,30-32,34-35,37H,13-14,20-23H2,1-12H3,(H,42,47)/t24-,25?,26+,27?,28-,30?,31?,32-,34-,35-,37+,40-,41-/m1/s1. The normalized spacial score (nSPS) is 38.4. The molecule has 4 rings (SSSR count). The molecule has 0 bridgehead atoms. The number of esters is 1. The lowest BCUT2D eigenvalue weighted by Crippen LogP contribution is -2.61. The highest BCUT2D eigenvalue weighted by atomic mass is 16.7. The van der Waals surface area contributed by atoms with Gasteiger partial charge in [0.2, 0.25) is 0 Å². The van der Waals surface area contributed by atoms with Crippen LogP contribution in [0.1, 0.15) is 93.6 Å². The van der Waals surface area contributed by atoms with E-state index in [9.17, 15) is 19.2 Å². The van der Waals surface area contributed by atoms with E-state index in [-0.39, 0.29) is 49.3 Å². The van der Waals surface area contributed by atoms with Gasteiger partial charge in [-0.15, -0.1) is 0 Å². The molecular weight excluding hydrogens is 694 g/mol. The molecule has 13 atom stereocenters. The van der Waals surface area contributed by atoms with Crippen LogP contribution < -0.4 is 5.32 Å². The maximum absolute atomic E-state index is 14.4. The molecule has 1 N–H and O–H groups in total. The third kappa shape index (κ3) is 9.39. The van der Waals surface area contributed by atoms with Crippen LogP contribution in [0.5, 0.6) is 0 Å². The molecular formula is C41H65N3O10. The van der Waals surface area contributed by atoms with Gasteiger partial charge in [-0.2, -0.15) is 0 Å². The highest BCUT2D eigenvalue weighted by molar-refractivity contribution is 6.00. The van der Waals surface area contributed by atoms with Gasteiger partial charge in [0, 0.05) is 31.5 Å². The summed E-state index contributed by atoms with van der Waals surface area (Å²) in [5.41, 5.74) is -1.63. The van der Waals surface area contributed by atoms with Gasteiger partial charge in [0.1, 0.15) is 18.6 Å². The Morgan fingerprint density at radius 3 is 2.28 bits per heavy atom. The lowest BCUT2D eigenvalue weighted by Gasteiger charge is -2.48. The molecule has 0 spiro atoms. The summed E-state index contributed by atoms with van der Waals surface area (Å²) in [7, 11) is 5.69. The molecule has 54 heavy (non-hydrogen) atoms.